The third kappa shape index (κ3) is 3.42. The summed E-state index contributed by atoms with van der Waals surface area (Å²) in [7, 11) is 0. The predicted octanol–water partition coefficient (Wildman–Crippen LogP) is 2.54. The van der Waals surface area contributed by atoms with Crippen molar-refractivity contribution in [1.29, 1.82) is 0 Å². The molecule has 0 unspecified atom stereocenters. The fourth-order valence-electron chi connectivity index (χ4n) is 2.32. The summed E-state index contributed by atoms with van der Waals surface area (Å²) in [6.07, 6.45) is 4.43. The summed E-state index contributed by atoms with van der Waals surface area (Å²) in [5.74, 6) is -0.131. The second-order valence-corrected chi connectivity index (χ2v) is 5.31. The van der Waals surface area contributed by atoms with E-state index < -0.39 is 0 Å². The average Bonchev–Trinajstić information content (AvgIpc) is 2.87. The Labute approximate surface area is 125 Å². The predicted molar refractivity (Wildman–Crippen MR) is 84.0 cm³/mol. The SMILES string of the molecule is CCc1cccnc1CNC(=O)c1cc(N)cn1C(C)C. The van der Waals surface area contributed by atoms with E-state index in [4.69, 9.17) is 5.73 Å². The molecule has 3 N–H and O–H groups in total. The largest absolute Gasteiger partial charge is 0.397 e. The van der Waals surface area contributed by atoms with Crippen molar-refractivity contribution in [3.8, 4) is 0 Å². The summed E-state index contributed by atoms with van der Waals surface area (Å²) < 4.78 is 1.88. The number of hydrogen-bond donors (Lipinski definition) is 2. The van der Waals surface area contributed by atoms with Crippen LogP contribution in [0.5, 0.6) is 0 Å². The van der Waals surface area contributed by atoms with Gasteiger partial charge in [-0.3, -0.25) is 9.78 Å². The van der Waals surface area contributed by atoms with Gasteiger partial charge in [0.1, 0.15) is 5.69 Å². The van der Waals surface area contributed by atoms with E-state index in [1.807, 2.05) is 30.5 Å². The van der Waals surface area contributed by atoms with Gasteiger partial charge in [0.05, 0.1) is 17.9 Å². The van der Waals surface area contributed by atoms with Gasteiger partial charge < -0.3 is 15.6 Å². The smallest absolute Gasteiger partial charge is 0.268 e. The number of aromatic nitrogens is 2. The highest BCUT2D eigenvalue weighted by Gasteiger charge is 2.15. The van der Waals surface area contributed by atoms with E-state index in [0.717, 1.165) is 17.7 Å². The summed E-state index contributed by atoms with van der Waals surface area (Å²) >= 11 is 0. The molecule has 2 rings (SSSR count). The second-order valence-electron chi connectivity index (χ2n) is 5.31. The maximum atomic E-state index is 12.3. The van der Waals surface area contributed by atoms with Gasteiger partial charge in [0.15, 0.2) is 0 Å². The molecule has 0 radical (unpaired) electrons. The molecule has 0 aliphatic rings. The summed E-state index contributed by atoms with van der Waals surface area (Å²) in [5, 5.41) is 2.92. The van der Waals surface area contributed by atoms with E-state index >= 15 is 0 Å². The van der Waals surface area contributed by atoms with E-state index in [-0.39, 0.29) is 11.9 Å². The Morgan fingerprint density at radius 2 is 2.24 bits per heavy atom. The molecule has 0 atom stereocenters. The zero-order valence-corrected chi connectivity index (χ0v) is 12.8. The maximum Gasteiger partial charge on any atom is 0.268 e. The molecule has 0 saturated carbocycles. The Bertz CT molecular complexity index is 631. The molecule has 0 bridgehead atoms. The Hall–Kier alpha value is -2.30. The molecule has 5 nitrogen and oxygen atoms in total. The number of anilines is 1. The first-order valence-electron chi connectivity index (χ1n) is 7.21. The van der Waals surface area contributed by atoms with Crippen LogP contribution in [0.3, 0.4) is 0 Å². The monoisotopic (exact) mass is 286 g/mol. The molecule has 0 spiro atoms. The standard InChI is InChI=1S/C16H22N4O/c1-4-12-6-5-7-18-14(12)9-19-16(21)15-8-13(17)10-20(15)11(2)3/h5-8,10-11H,4,9,17H2,1-3H3,(H,19,21). The number of nitrogen functional groups attached to an aromatic ring is 1. The minimum atomic E-state index is -0.131. The van der Waals surface area contributed by atoms with Crippen molar-refractivity contribution in [3.05, 3.63) is 47.5 Å². The van der Waals surface area contributed by atoms with Crippen LogP contribution in [0.4, 0.5) is 5.69 Å². The zero-order chi connectivity index (χ0) is 15.4. The van der Waals surface area contributed by atoms with E-state index in [9.17, 15) is 4.79 Å². The van der Waals surface area contributed by atoms with Crippen LogP contribution in [0, 0.1) is 0 Å². The number of nitrogens with one attached hydrogen (secondary N) is 1. The van der Waals surface area contributed by atoms with Crippen LogP contribution in [0.15, 0.2) is 30.6 Å². The van der Waals surface area contributed by atoms with Gasteiger partial charge in [0.25, 0.3) is 5.91 Å². The molecule has 5 heteroatoms. The maximum absolute atomic E-state index is 12.3. The van der Waals surface area contributed by atoms with Gasteiger partial charge in [-0.25, -0.2) is 0 Å². The van der Waals surface area contributed by atoms with Gasteiger partial charge in [-0.2, -0.15) is 0 Å². The lowest BCUT2D eigenvalue weighted by atomic mass is 10.1. The number of hydrogen-bond acceptors (Lipinski definition) is 3. The molecule has 0 fully saturated rings. The van der Waals surface area contributed by atoms with Gasteiger partial charge in [0, 0.05) is 18.4 Å². The Kier molecular flexibility index (Phi) is 4.62. The van der Waals surface area contributed by atoms with Gasteiger partial charge in [-0.15, -0.1) is 0 Å². The summed E-state index contributed by atoms with van der Waals surface area (Å²) in [4.78, 5) is 16.7. The Balaban J connectivity index is 2.12. The highest BCUT2D eigenvalue weighted by atomic mass is 16.1. The fourth-order valence-corrected chi connectivity index (χ4v) is 2.32. The lowest BCUT2D eigenvalue weighted by Crippen LogP contribution is -2.26. The highest BCUT2D eigenvalue weighted by molar-refractivity contribution is 5.93. The molecular weight excluding hydrogens is 264 g/mol. The molecule has 1 amide bonds. The lowest BCUT2D eigenvalue weighted by Gasteiger charge is -2.13. The number of rotatable bonds is 5. The Morgan fingerprint density at radius 3 is 2.90 bits per heavy atom. The second kappa shape index (κ2) is 6.43. The van der Waals surface area contributed by atoms with Crippen LogP contribution in [0.25, 0.3) is 0 Å². The van der Waals surface area contributed by atoms with Gasteiger partial charge in [-0.1, -0.05) is 13.0 Å². The number of nitrogens with two attached hydrogens (primary N) is 1. The number of aryl methyl sites for hydroxylation is 1. The van der Waals surface area contributed by atoms with Crippen LogP contribution in [0.2, 0.25) is 0 Å². The van der Waals surface area contributed by atoms with Gasteiger partial charge in [-0.05, 0) is 38.0 Å². The van der Waals surface area contributed by atoms with Crippen LogP contribution in [0.1, 0.15) is 48.6 Å². The zero-order valence-electron chi connectivity index (χ0n) is 12.8. The first-order valence-corrected chi connectivity index (χ1v) is 7.21. The average molecular weight is 286 g/mol. The normalized spacial score (nSPS) is 10.9. The molecule has 21 heavy (non-hydrogen) atoms. The van der Waals surface area contributed by atoms with Gasteiger partial charge >= 0.3 is 0 Å². The van der Waals surface area contributed by atoms with Crippen LogP contribution in [-0.4, -0.2) is 15.5 Å². The van der Waals surface area contributed by atoms with E-state index in [1.165, 1.54) is 0 Å². The summed E-state index contributed by atoms with van der Waals surface area (Å²) in [5.41, 5.74) is 9.03. The van der Waals surface area contributed by atoms with Crippen LogP contribution < -0.4 is 11.1 Å². The van der Waals surface area contributed by atoms with E-state index in [2.05, 4.69) is 17.2 Å². The Morgan fingerprint density at radius 1 is 1.48 bits per heavy atom. The van der Waals surface area contributed by atoms with E-state index in [0.29, 0.717) is 17.9 Å². The number of nitrogens with zero attached hydrogens (tertiary/aromatic N) is 2. The quantitative estimate of drug-likeness (QED) is 0.887. The third-order valence-corrected chi connectivity index (χ3v) is 3.44. The molecule has 2 heterocycles. The summed E-state index contributed by atoms with van der Waals surface area (Å²) in [6.45, 7) is 6.54. The lowest BCUT2D eigenvalue weighted by molar-refractivity contribution is 0.0939. The number of carbonyl (C=O) groups excluding carboxylic acids is 1. The molecule has 112 valence electrons. The van der Waals surface area contributed by atoms with Crippen molar-refractivity contribution in [2.75, 3.05) is 5.73 Å². The van der Waals surface area contributed by atoms with Crippen molar-refractivity contribution < 1.29 is 4.79 Å². The van der Waals surface area contributed by atoms with Crippen LogP contribution >= 0.6 is 0 Å². The number of carbonyl (C=O) groups is 1. The molecule has 0 saturated heterocycles. The molecule has 0 aliphatic carbocycles. The van der Waals surface area contributed by atoms with Crippen molar-refractivity contribution in [3.63, 3.8) is 0 Å². The molecule has 2 aromatic rings. The minimum Gasteiger partial charge on any atom is -0.397 e. The number of pyridine rings is 1. The molecular formula is C16H22N4O. The molecule has 0 aliphatic heterocycles. The number of amides is 1. The van der Waals surface area contributed by atoms with Crippen molar-refractivity contribution >= 4 is 11.6 Å². The van der Waals surface area contributed by atoms with Gasteiger partial charge in [0.2, 0.25) is 0 Å². The minimum absolute atomic E-state index is 0.131. The van der Waals surface area contributed by atoms with Crippen LogP contribution in [-0.2, 0) is 13.0 Å². The summed E-state index contributed by atoms with van der Waals surface area (Å²) in [6, 6.07) is 5.83. The molecule has 0 aromatic carbocycles. The highest BCUT2D eigenvalue weighted by Crippen LogP contribution is 2.16. The first-order chi connectivity index (χ1) is 10.0. The van der Waals surface area contributed by atoms with Crippen molar-refractivity contribution in [1.82, 2.24) is 14.9 Å². The first kappa shape index (κ1) is 15.1. The topological polar surface area (TPSA) is 72.9 Å². The molecule has 2 aromatic heterocycles. The van der Waals surface area contributed by atoms with Crippen molar-refractivity contribution in [2.24, 2.45) is 0 Å². The fraction of sp³-hybridized carbons (Fsp3) is 0.375. The van der Waals surface area contributed by atoms with Crippen molar-refractivity contribution in [2.45, 2.75) is 39.8 Å². The third-order valence-electron chi connectivity index (χ3n) is 3.44. The van der Waals surface area contributed by atoms with E-state index in [1.54, 1.807) is 18.5 Å².